The second kappa shape index (κ2) is 10.1. The molecule has 4 rings (SSSR count). The van der Waals surface area contributed by atoms with E-state index in [0.29, 0.717) is 12.5 Å². The van der Waals surface area contributed by atoms with E-state index in [2.05, 4.69) is 29.2 Å². The van der Waals surface area contributed by atoms with Crippen molar-refractivity contribution in [3.05, 3.63) is 35.8 Å². The van der Waals surface area contributed by atoms with E-state index in [4.69, 9.17) is 24.2 Å². The Bertz CT molecular complexity index is 808. The Hall–Kier alpha value is -2.35. The number of hydrogen-bond acceptors (Lipinski definition) is 5. The monoisotopic (exact) mass is 414 g/mol. The molecule has 2 atom stereocenters. The molecule has 0 amide bonds. The van der Waals surface area contributed by atoms with Crippen molar-refractivity contribution in [3.63, 3.8) is 0 Å². The highest BCUT2D eigenvalue weighted by Crippen LogP contribution is 2.17. The molecule has 0 aromatic carbocycles. The highest BCUT2D eigenvalue weighted by molar-refractivity contribution is 5.80. The number of aryl methyl sites for hydroxylation is 1. The summed E-state index contributed by atoms with van der Waals surface area (Å²) < 4.78 is 13.4. The fourth-order valence-electron chi connectivity index (χ4n) is 3.94. The van der Waals surface area contributed by atoms with Crippen LogP contribution in [0.2, 0.25) is 0 Å². The summed E-state index contributed by atoms with van der Waals surface area (Å²) >= 11 is 0. The Morgan fingerprint density at radius 2 is 2.27 bits per heavy atom. The zero-order valence-corrected chi connectivity index (χ0v) is 18.1. The van der Waals surface area contributed by atoms with E-state index in [9.17, 15) is 0 Å². The van der Waals surface area contributed by atoms with Gasteiger partial charge in [-0.1, -0.05) is 13.8 Å². The molecular formula is C22H34N6O2. The third-order valence-electron chi connectivity index (χ3n) is 5.70. The van der Waals surface area contributed by atoms with E-state index in [1.807, 2.05) is 12.1 Å². The first kappa shape index (κ1) is 20.9. The maximum absolute atomic E-state index is 5.85. The molecule has 30 heavy (non-hydrogen) atoms. The van der Waals surface area contributed by atoms with Crippen LogP contribution in [0.25, 0.3) is 0 Å². The molecule has 0 saturated carbocycles. The summed E-state index contributed by atoms with van der Waals surface area (Å²) in [6.07, 6.45) is 8.20. The molecule has 1 fully saturated rings. The van der Waals surface area contributed by atoms with Crippen LogP contribution in [-0.4, -0.2) is 52.6 Å². The Labute approximate surface area is 178 Å². The highest BCUT2D eigenvalue weighted by atomic mass is 16.5. The van der Waals surface area contributed by atoms with Gasteiger partial charge in [0.25, 0.3) is 0 Å². The lowest BCUT2D eigenvalue weighted by molar-refractivity contribution is 0.0224. The Morgan fingerprint density at radius 3 is 3.03 bits per heavy atom. The first-order chi connectivity index (χ1) is 14.7. The average molecular weight is 415 g/mol. The number of aliphatic imine (C=N–C) groups is 1. The molecule has 0 spiro atoms. The minimum atomic E-state index is 0.226. The summed E-state index contributed by atoms with van der Waals surface area (Å²) in [5.74, 6) is 4.20. The molecule has 2 aromatic heterocycles. The quantitative estimate of drug-likeness (QED) is 0.535. The molecule has 2 unspecified atom stereocenters. The zero-order chi connectivity index (χ0) is 20.8. The third kappa shape index (κ3) is 5.62. The van der Waals surface area contributed by atoms with E-state index < -0.39 is 0 Å². The topological polar surface area (TPSA) is 89.5 Å². The van der Waals surface area contributed by atoms with Crippen LogP contribution in [0.5, 0.6) is 0 Å². The van der Waals surface area contributed by atoms with Gasteiger partial charge in [0.1, 0.15) is 11.6 Å². The van der Waals surface area contributed by atoms with Crippen molar-refractivity contribution in [3.8, 4) is 0 Å². The molecule has 2 N–H and O–H groups in total. The van der Waals surface area contributed by atoms with E-state index in [-0.39, 0.29) is 12.1 Å². The summed E-state index contributed by atoms with van der Waals surface area (Å²) in [6.45, 7) is 7.40. The zero-order valence-electron chi connectivity index (χ0n) is 18.1. The van der Waals surface area contributed by atoms with Gasteiger partial charge in [-0.15, -0.1) is 0 Å². The third-order valence-corrected chi connectivity index (χ3v) is 5.70. The van der Waals surface area contributed by atoms with E-state index >= 15 is 0 Å². The molecular weight excluding hydrogens is 380 g/mol. The Balaban J connectivity index is 1.36. The van der Waals surface area contributed by atoms with Crippen LogP contribution in [-0.2, 0) is 24.1 Å². The van der Waals surface area contributed by atoms with Gasteiger partial charge in [0.05, 0.1) is 25.5 Å². The fraction of sp³-hybridized carbons (Fsp3) is 0.682. The standard InChI is InChI=1S/C22H34N6O2/c1-16(2)21-26-20-9-8-17(15-28(20)27-21)25-22(23-11-10-18-7-5-13-29-18)24-14-19-6-3-4-12-30-19/h5,7,13,16-17,19H,3-4,6,8-12,14-15H2,1-2H3,(H2,23,24,25). The van der Waals surface area contributed by atoms with Crippen molar-refractivity contribution < 1.29 is 9.15 Å². The number of rotatable bonds is 7. The van der Waals surface area contributed by atoms with E-state index in [1.54, 1.807) is 6.26 Å². The van der Waals surface area contributed by atoms with Crippen LogP contribution in [0.3, 0.4) is 0 Å². The van der Waals surface area contributed by atoms with Gasteiger partial charge in [-0.2, -0.15) is 5.10 Å². The predicted molar refractivity (Wildman–Crippen MR) is 116 cm³/mol. The molecule has 0 bridgehead atoms. The van der Waals surface area contributed by atoms with Crippen LogP contribution in [0.4, 0.5) is 0 Å². The summed E-state index contributed by atoms with van der Waals surface area (Å²) in [6, 6.07) is 4.20. The molecule has 2 aliphatic rings. The number of nitrogens with zero attached hydrogens (tertiary/aromatic N) is 4. The second-order valence-corrected chi connectivity index (χ2v) is 8.54. The molecule has 0 aliphatic carbocycles. The Morgan fingerprint density at radius 1 is 1.33 bits per heavy atom. The van der Waals surface area contributed by atoms with Crippen LogP contribution in [0, 0.1) is 0 Å². The predicted octanol–water partition coefficient (Wildman–Crippen LogP) is 2.66. The summed E-state index contributed by atoms with van der Waals surface area (Å²) in [5, 5.41) is 11.8. The van der Waals surface area contributed by atoms with Gasteiger partial charge >= 0.3 is 0 Å². The second-order valence-electron chi connectivity index (χ2n) is 8.54. The molecule has 2 aromatic rings. The fourth-order valence-corrected chi connectivity index (χ4v) is 3.94. The number of furan rings is 1. The molecule has 8 heteroatoms. The number of fused-ring (bicyclic) bond motifs is 1. The van der Waals surface area contributed by atoms with Crippen LogP contribution < -0.4 is 10.6 Å². The van der Waals surface area contributed by atoms with E-state index in [1.165, 1.54) is 6.42 Å². The largest absolute Gasteiger partial charge is 0.469 e. The first-order valence-electron chi connectivity index (χ1n) is 11.3. The lowest BCUT2D eigenvalue weighted by Crippen LogP contribution is -2.48. The highest BCUT2D eigenvalue weighted by Gasteiger charge is 2.23. The number of nitrogens with one attached hydrogen (secondary N) is 2. The number of aromatic nitrogens is 3. The van der Waals surface area contributed by atoms with Gasteiger partial charge < -0.3 is 19.8 Å². The van der Waals surface area contributed by atoms with Crippen molar-refractivity contribution in [2.24, 2.45) is 4.99 Å². The molecule has 2 aliphatic heterocycles. The van der Waals surface area contributed by atoms with Crippen molar-refractivity contribution in [1.82, 2.24) is 25.4 Å². The summed E-state index contributed by atoms with van der Waals surface area (Å²) in [4.78, 5) is 9.53. The SMILES string of the molecule is CC(C)c1nc2n(n1)CC(NC(=NCC1CCCCO1)NCCc1ccco1)CC2. The minimum absolute atomic E-state index is 0.226. The number of hydrogen-bond donors (Lipinski definition) is 2. The van der Waals surface area contributed by atoms with Crippen LogP contribution >= 0.6 is 0 Å². The molecule has 4 heterocycles. The Kier molecular flexibility index (Phi) is 7.04. The van der Waals surface area contributed by atoms with Crippen LogP contribution in [0.1, 0.15) is 62.9 Å². The van der Waals surface area contributed by atoms with Crippen molar-refractivity contribution in [1.29, 1.82) is 0 Å². The van der Waals surface area contributed by atoms with Crippen LogP contribution in [0.15, 0.2) is 27.8 Å². The number of guanidine groups is 1. The van der Waals surface area contributed by atoms with Gasteiger partial charge in [0.15, 0.2) is 11.8 Å². The number of ether oxygens (including phenoxy) is 1. The average Bonchev–Trinajstić information content (AvgIpc) is 3.42. The minimum Gasteiger partial charge on any atom is -0.469 e. The van der Waals surface area contributed by atoms with Gasteiger partial charge in [-0.05, 0) is 37.8 Å². The summed E-state index contributed by atoms with van der Waals surface area (Å²) in [5.41, 5.74) is 0. The van der Waals surface area contributed by atoms with Crippen molar-refractivity contribution in [2.75, 3.05) is 19.7 Å². The lowest BCUT2D eigenvalue weighted by Gasteiger charge is -2.26. The molecule has 8 nitrogen and oxygen atoms in total. The van der Waals surface area contributed by atoms with Gasteiger partial charge in [0.2, 0.25) is 0 Å². The maximum atomic E-state index is 5.85. The molecule has 0 radical (unpaired) electrons. The van der Waals surface area contributed by atoms with Gasteiger partial charge in [-0.3, -0.25) is 4.99 Å². The van der Waals surface area contributed by atoms with Crippen molar-refractivity contribution in [2.45, 2.75) is 77.0 Å². The molecule has 164 valence electrons. The smallest absolute Gasteiger partial charge is 0.191 e. The van der Waals surface area contributed by atoms with E-state index in [0.717, 1.165) is 75.2 Å². The summed E-state index contributed by atoms with van der Waals surface area (Å²) in [7, 11) is 0. The van der Waals surface area contributed by atoms with Crippen molar-refractivity contribution >= 4 is 5.96 Å². The van der Waals surface area contributed by atoms with Gasteiger partial charge in [0, 0.05) is 38.0 Å². The van der Waals surface area contributed by atoms with Gasteiger partial charge in [-0.25, -0.2) is 9.67 Å². The molecule has 1 saturated heterocycles. The normalized spacial score (nSPS) is 22.2. The first-order valence-corrected chi connectivity index (χ1v) is 11.3. The maximum Gasteiger partial charge on any atom is 0.191 e. The lowest BCUT2D eigenvalue weighted by atomic mass is 10.1.